The zero-order valence-corrected chi connectivity index (χ0v) is 8.96. The molecule has 0 amide bonds. The zero-order chi connectivity index (χ0) is 10.7. The van der Waals surface area contributed by atoms with Crippen LogP contribution in [0.25, 0.3) is 0 Å². The molecule has 0 bridgehead atoms. The minimum atomic E-state index is 0.281. The first-order chi connectivity index (χ1) is 6.57. The summed E-state index contributed by atoms with van der Waals surface area (Å²) in [5.41, 5.74) is 3.67. The number of nitrogens with zero attached hydrogens (tertiary/aromatic N) is 1. The minimum absolute atomic E-state index is 0.281. The van der Waals surface area contributed by atoms with Gasteiger partial charge in [0, 0.05) is 5.56 Å². The summed E-state index contributed by atoms with van der Waals surface area (Å²) in [5, 5.41) is 13.5. The molecule has 76 valence electrons. The van der Waals surface area contributed by atoms with Crippen LogP contribution in [-0.4, -0.2) is 18.4 Å². The maximum absolute atomic E-state index is 9.84. The number of phenols is 1. The fourth-order valence-electron chi connectivity index (χ4n) is 1.35. The lowest BCUT2D eigenvalue weighted by molar-refractivity contribution is 0.215. The second-order valence-electron chi connectivity index (χ2n) is 3.31. The summed E-state index contributed by atoms with van der Waals surface area (Å²) in [4.78, 5) is 4.58. The summed E-state index contributed by atoms with van der Waals surface area (Å²) in [5.74, 6) is 0.281. The summed E-state index contributed by atoms with van der Waals surface area (Å²) >= 11 is 0. The van der Waals surface area contributed by atoms with Crippen LogP contribution in [0.3, 0.4) is 0 Å². The van der Waals surface area contributed by atoms with Crippen molar-refractivity contribution >= 4 is 6.21 Å². The third-order valence-electron chi connectivity index (χ3n) is 2.35. The van der Waals surface area contributed by atoms with Crippen LogP contribution < -0.4 is 0 Å². The fourth-order valence-corrected chi connectivity index (χ4v) is 1.35. The van der Waals surface area contributed by atoms with Gasteiger partial charge >= 0.3 is 0 Å². The normalized spacial score (nSPS) is 10.9. The third kappa shape index (κ3) is 1.87. The maximum Gasteiger partial charge on any atom is 0.127 e. The predicted octanol–water partition coefficient (Wildman–Crippen LogP) is 2.30. The number of oxime groups is 1. The van der Waals surface area contributed by atoms with Crippen LogP contribution in [0.15, 0.2) is 11.2 Å². The van der Waals surface area contributed by atoms with Crippen LogP contribution >= 0.6 is 0 Å². The largest absolute Gasteiger partial charge is 0.507 e. The molecule has 3 nitrogen and oxygen atoms in total. The monoisotopic (exact) mass is 193 g/mol. The van der Waals surface area contributed by atoms with Crippen LogP contribution in [0.2, 0.25) is 0 Å². The van der Waals surface area contributed by atoms with E-state index in [-0.39, 0.29) is 5.75 Å². The van der Waals surface area contributed by atoms with Crippen molar-refractivity contribution in [3.05, 3.63) is 28.3 Å². The molecular weight excluding hydrogens is 178 g/mol. The molecule has 0 heterocycles. The second-order valence-corrected chi connectivity index (χ2v) is 3.31. The van der Waals surface area contributed by atoms with Gasteiger partial charge in [-0.3, -0.25) is 0 Å². The van der Waals surface area contributed by atoms with Crippen molar-refractivity contribution in [2.75, 3.05) is 7.11 Å². The molecule has 0 radical (unpaired) electrons. The molecule has 0 aliphatic carbocycles. The summed E-state index contributed by atoms with van der Waals surface area (Å²) in [6.07, 6.45) is 1.52. The molecule has 1 aromatic rings. The van der Waals surface area contributed by atoms with Crippen molar-refractivity contribution in [3.8, 4) is 5.75 Å². The van der Waals surface area contributed by atoms with Gasteiger partial charge < -0.3 is 9.94 Å². The van der Waals surface area contributed by atoms with Crippen LogP contribution in [0.4, 0.5) is 0 Å². The van der Waals surface area contributed by atoms with Gasteiger partial charge in [0.05, 0.1) is 6.21 Å². The lowest BCUT2D eigenvalue weighted by atomic mass is 10.00. The van der Waals surface area contributed by atoms with Gasteiger partial charge in [0.2, 0.25) is 0 Å². The van der Waals surface area contributed by atoms with Gasteiger partial charge in [-0.05, 0) is 37.5 Å². The molecule has 1 N–H and O–H groups in total. The van der Waals surface area contributed by atoms with E-state index >= 15 is 0 Å². The first-order valence-electron chi connectivity index (χ1n) is 4.44. The summed E-state index contributed by atoms with van der Waals surface area (Å²) in [6, 6.07) is 2.02. The van der Waals surface area contributed by atoms with E-state index in [1.807, 2.05) is 26.8 Å². The van der Waals surface area contributed by atoms with Crippen molar-refractivity contribution in [2.45, 2.75) is 20.8 Å². The van der Waals surface area contributed by atoms with E-state index in [1.165, 1.54) is 13.3 Å². The van der Waals surface area contributed by atoms with E-state index in [0.29, 0.717) is 0 Å². The molecule has 0 aliphatic heterocycles. The van der Waals surface area contributed by atoms with Gasteiger partial charge in [-0.2, -0.15) is 0 Å². The highest BCUT2D eigenvalue weighted by atomic mass is 16.6. The minimum Gasteiger partial charge on any atom is -0.507 e. The first-order valence-corrected chi connectivity index (χ1v) is 4.44. The fraction of sp³-hybridized carbons (Fsp3) is 0.364. The van der Waals surface area contributed by atoms with Gasteiger partial charge in [0.25, 0.3) is 0 Å². The van der Waals surface area contributed by atoms with E-state index in [4.69, 9.17) is 0 Å². The Kier molecular flexibility index (Phi) is 3.12. The summed E-state index contributed by atoms with van der Waals surface area (Å²) in [7, 11) is 1.48. The van der Waals surface area contributed by atoms with E-state index in [2.05, 4.69) is 9.99 Å². The number of rotatable bonds is 2. The van der Waals surface area contributed by atoms with Crippen molar-refractivity contribution in [1.82, 2.24) is 0 Å². The van der Waals surface area contributed by atoms with Gasteiger partial charge in [-0.15, -0.1) is 0 Å². The van der Waals surface area contributed by atoms with Gasteiger partial charge in [-0.1, -0.05) is 11.2 Å². The van der Waals surface area contributed by atoms with E-state index in [0.717, 1.165) is 22.3 Å². The van der Waals surface area contributed by atoms with Crippen LogP contribution in [0, 0.1) is 20.8 Å². The number of hydrogen-bond donors (Lipinski definition) is 1. The second kappa shape index (κ2) is 4.13. The highest BCUT2D eigenvalue weighted by molar-refractivity contribution is 5.86. The highest BCUT2D eigenvalue weighted by Gasteiger charge is 2.08. The van der Waals surface area contributed by atoms with Gasteiger partial charge in [0.1, 0.15) is 12.9 Å². The SMILES string of the molecule is CO/N=C/c1c(C)cc(C)c(C)c1O. The molecular formula is C11H15NO2. The molecule has 0 unspecified atom stereocenters. The standard InChI is InChI=1S/C11H15NO2/c1-7-5-8(2)10(6-12-14-4)11(13)9(7)3/h5-6,13H,1-4H3/b12-6+. The van der Waals surface area contributed by atoms with Crippen LogP contribution in [0.1, 0.15) is 22.3 Å². The number of phenolic OH excluding ortho intramolecular Hbond substituents is 1. The average Bonchev–Trinajstić information content (AvgIpc) is 2.14. The van der Waals surface area contributed by atoms with Crippen molar-refractivity contribution in [1.29, 1.82) is 0 Å². The maximum atomic E-state index is 9.84. The molecule has 0 saturated carbocycles. The molecule has 0 atom stereocenters. The molecule has 0 fully saturated rings. The lowest BCUT2D eigenvalue weighted by Gasteiger charge is -2.09. The van der Waals surface area contributed by atoms with Crippen molar-refractivity contribution in [3.63, 3.8) is 0 Å². The number of aryl methyl sites for hydroxylation is 2. The smallest absolute Gasteiger partial charge is 0.127 e. The molecule has 0 aliphatic rings. The highest BCUT2D eigenvalue weighted by Crippen LogP contribution is 2.26. The number of aromatic hydroxyl groups is 1. The molecule has 1 aromatic carbocycles. The molecule has 0 saturated heterocycles. The average molecular weight is 193 g/mol. The van der Waals surface area contributed by atoms with E-state index in [1.54, 1.807) is 0 Å². The molecule has 1 rings (SSSR count). The van der Waals surface area contributed by atoms with Crippen LogP contribution in [-0.2, 0) is 4.84 Å². The third-order valence-corrected chi connectivity index (χ3v) is 2.35. The van der Waals surface area contributed by atoms with Crippen molar-refractivity contribution in [2.24, 2.45) is 5.16 Å². The Morgan fingerprint density at radius 3 is 2.50 bits per heavy atom. The Labute approximate surface area is 84.0 Å². The van der Waals surface area contributed by atoms with Crippen LogP contribution in [0.5, 0.6) is 5.75 Å². The van der Waals surface area contributed by atoms with Gasteiger partial charge in [-0.25, -0.2) is 0 Å². The summed E-state index contributed by atoms with van der Waals surface area (Å²) in [6.45, 7) is 5.79. The topological polar surface area (TPSA) is 41.8 Å². The van der Waals surface area contributed by atoms with E-state index in [9.17, 15) is 5.11 Å². The van der Waals surface area contributed by atoms with Gasteiger partial charge in [0.15, 0.2) is 0 Å². The Morgan fingerprint density at radius 2 is 1.93 bits per heavy atom. The molecule has 0 spiro atoms. The summed E-state index contributed by atoms with van der Waals surface area (Å²) < 4.78 is 0. The number of hydrogen-bond acceptors (Lipinski definition) is 3. The Bertz CT molecular complexity index is 370. The zero-order valence-electron chi connectivity index (χ0n) is 8.96. The van der Waals surface area contributed by atoms with E-state index < -0.39 is 0 Å². The Hall–Kier alpha value is -1.51. The van der Waals surface area contributed by atoms with Crippen molar-refractivity contribution < 1.29 is 9.94 Å². The Balaban J connectivity index is 3.29. The number of benzene rings is 1. The quantitative estimate of drug-likeness (QED) is 0.578. The Morgan fingerprint density at radius 1 is 1.29 bits per heavy atom. The lowest BCUT2D eigenvalue weighted by Crippen LogP contribution is -1.94. The predicted molar refractivity (Wildman–Crippen MR) is 56.9 cm³/mol. The molecule has 14 heavy (non-hydrogen) atoms. The first kappa shape index (κ1) is 10.6. The molecule has 3 heteroatoms. The molecule has 0 aromatic heterocycles.